The molecular formula is C22H38IN3O5. The maximum Gasteiger partial charge on any atom is 0.203 e. The molecule has 0 unspecified atom stereocenters. The van der Waals surface area contributed by atoms with Gasteiger partial charge >= 0.3 is 0 Å². The van der Waals surface area contributed by atoms with Crippen LogP contribution in [0.25, 0.3) is 0 Å². The normalized spacial score (nSPS) is 14.5. The summed E-state index contributed by atoms with van der Waals surface area (Å²) in [7, 11) is 4.82. The maximum atomic E-state index is 5.82. The summed E-state index contributed by atoms with van der Waals surface area (Å²) >= 11 is 0. The average Bonchev–Trinajstić information content (AvgIpc) is 2.79. The van der Waals surface area contributed by atoms with Gasteiger partial charge in [-0.05, 0) is 49.8 Å². The standard InChI is InChI=1S/C22H37N3O5.HI/c1-5-23-22(24-9-6-10-30-16-17-7-11-29-12-8-17)25-15-18-13-19(26-2)21(28-4)20(14-18)27-3;/h13-14,17H,5-12,15-16H2,1-4H3,(H2,23,24,25);1H. The molecule has 2 N–H and O–H groups in total. The van der Waals surface area contributed by atoms with Crippen LogP contribution in [0.15, 0.2) is 17.1 Å². The molecule has 2 rings (SSSR count). The molecule has 0 bridgehead atoms. The van der Waals surface area contributed by atoms with E-state index >= 15 is 0 Å². The molecule has 0 atom stereocenters. The van der Waals surface area contributed by atoms with Crippen LogP contribution in [0.5, 0.6) is 17.2 Å². The Labute approximate surface area is 203 Å². The monoisotopic (exact) mass is 551 g/mol. The predicted octanol–water partition coefficient (Wildman–Crippen LogP) is 3.22. The summed E-state index contributed by atoms with van der Waals surface area (Å²) in [5.41, 5.74) is 0.974. The van der Waals surface area contributed by atoms with Gasteiger partial charge in [0.25, 0.3) is 0 Å². The first kappa shape index (κ1) is 27.6. The fraction of sp³-hybridized carbons (Fsp3) is 0.682. The average molecular weight is 551 g/mol. The molecule has 31 heavy (non-hydrogen) atoms. The highest BCUT2D eigenvalue weighted by Gasteiger charge is 2.14. The highest BCUT2D eigenvalue weighted by molar-refractivity contribution is 14.0. The van der Waals surface area contributed by atoms with E-state index < -0.39 is 0 Å². The lowest BCUT2D eigenvalue weighted by molar-refractivity contribution is 0.0203. The van der Waals surface area contributed by atoms with Crippen molar-refractivity contribution in [3.8, 4) is 17.2 Å². The zero-order chi connectivity index (χ0) is 21.6. The summed E-state index contributed by atoms with van der Waals surface area (Å²) in [5, 5.41) is 6.63. The number of methoxy groups -OCH3 is 3. The molecule has 0 aromatic heterocycles. The third kappa shape index (κ3) is 9.69. The Morgan fingerprint density at radius 1 is 1.06 bits per heavy atom. The van der Waals surface area contributed by atoms with Gasteiger partial charge in [-0.25, -0.2) is 4.99 Å². The van der Waals surface area contributed by atoms with Gasteiger partial charge in [-0.3, -0.25) is 0 Å². The van der Waals surface area contributed by atoms with Crippen LogP contribution in [-0.4, -0.2) is 66.8 Å². The minimum atomic E-state index is 0. The number of hydrogen-bond donors (Lipinski definition) is 2. The third-order valence-corrected chi connectivity index (χ3v) is 4.94. The lowest BCUT2D eigenvalue weighted by Gasteiger charge is -2.21. The Morgan fingerprint density at radius 3 is 2.32 bits per heavy atom. The van der Waals surface area contributed by atoms with Crippen molar-refractivity contribution >= 4 is 29.9 Å². The van der Waals surface area contributed by atoms with E-state index in [1.165, 1.54) is 0 Å². The van der Waals surface area contributed by atoms with Crippen LogP contribution in [0, 0.1) is 5.92 Å². The maximum absolute atomic E-state index is 5.82. The first-order valence-electron chi connectivity index (χ1n) is 10.7. The molecule has 1 heterocycles. The molecule has 1 aromatic rings. The van der Waals surface area contributed by atoms with Crippen molar-refractivity contribution in [1.82, 2.24) is 10.6 Å². The summed E-state index contributed by atoms with van der Waals surface area (Å²) < 4.78 is 27.4. The summed E-state index contributed by atoms with van der Waals surface area (Å²) in [6, 6.07) is 3.83. The molecule has 0 amide bonds. The molecule has 1 aromatic carbocycles. The molecule has 8 nitrogen and oxygen atoms in total. The molecule has 1 fully saturated rings. The molecule has 178 valence electrons. The van der Waals surface area contributed by atoms with E-state index in [-0.39, 0.29) is 24.0 Å². The van der Waals surface area contributed by atoms with Gasteiger partial charge in [0.2, 0.25) is 5.75 Å². The number of rotatable bonds is 12. The summed E-state index contributed by atoms with van der Waals surface area (Å²) in [5.74, 6) is 3.25. The van der Waals surface area contributed by atoms with Crippen LogP contribution in [0.4, 0.5) is 0 Å². The fourth-order valence-corrected chi connectivity index (χ4v) is 3.28. The van der Waals surface area contributed by atoms with Crippen LogP contribution in [0.3, 0.4) is 0 Å². The van der Waals surface area contributed by atoms with Gasteiger partial charge in [0, 0.05) is 39.5 Å². The molecule has 1 saturated heterocycles. The van der Waals surface area contributed by atoms with Gasteiger partial charge in [0.15, 0.2) is 17.5 Å². The van der Waals surface area contributed by atoms with Crippen molar-refractivity contribution in [2.24, 2.45) is 10.9 Å². The molecule has 1 aliphatic rings. The quantitative estimate of drug-likeness (QED) is 0.179. The number of aliphatic imine (C=N–C) groups is 1. The number of halogens is 1. The van der Waals surface area contributed by atoms with Crippen molar-refractivity contribution < 1.29 is 23.7 Å². The SMILES string of the molecule is CCNC(=NCc1cc(OC)c(OC)c(OC)c1)NCCCOCC1CCOCC1.I. The molecule has 1 aliphatic heterocycles. The topological polar surface area (TPSA) is 82.6 Å². The van der Waals surface area contributed by atoms with Gasteiger partial charge in [0.05, 0.1) is 27.9 Å². The summed E-state index contributed by atoms with van der Waals surface area (Å²) in [4.78, 5) is 4.67. The van der Waals surface area contributed by atoms with Gasteiger partial charge in [-0.15, -0.1) is 24.0 Å². The van der Waals surface area contributed by atoms with E-state index in [0.29, 0.717) is 29.7 Å². The van der Waals surface area contributed by atoms with E-state index in [2.05, 4.69) is 15.6 Å². The minimum absolute atomic E-state index is 0. The lowest BCUT2D eigenvalue weighted by atomic mass is 10.0. The van der Waals surface area contributed by atoms with Crippen LogP contribution in [-0.2, 0) is 16.0 Å². The zero-order valence-electron chi connectivity index (χ0n) is 19.2. The third-order valence-electron chi connectivity index (χ3n) is 4.94. The van der Waals surface area contributed by atoms with Crippen LogP contribution in [0.1, 0.15) is 31.7 Å². The molecule has 9 heteroatoms. The smallest absolute Gasteiger partial charge is 0.203 e. The van der Waals surface area contributed by atoms with Gasteiger partial charge in [0.1, 0.15) is 0 Å². The van der Waals surface area contributed by atoms with Crippen molar-refractivity contribution in [2.75, 3.05) is 60.8 Å². The number of nitrogens with one attached hydrogen (secondary N) is 2. The number of guanidine groups is 1. The van der Waals surface area contributed by atoms with Gasteiger partial charge in [-0.2, -0.15) is 0 Å². The van der Waals surface area contributed by atoms with E-state index in [1.54, 1.807) is 21.3 Å². The van der Waals surface area contributed by atoms with E-state index in [0.717, 1.165) is 70.3 Å². The van der Waals surface area contributed by atoms with Crippen molar-refractivity contribution in [3.63, 3.8) is 0 Å². The van der Waals surface area contributed by atoms with Gasteiger partial charge < -0.3 is 34.3 Å². The predicted molar refractivity (Wildman–Crippen MR) is 133 cm³/mol. The lowest BCUT2D eigenvalue weighted by Crippen LogP contribution is -2.38. The second kappa shape index (κ2) is 16.2. The largest absolute Gasteiger partial charge is 0.493 e. The highest BCUT2D eigenvalue weighted by Crippen LogP contribution is 2.38. The van der Waals surface area contributed by atoms with E-state index in [9.17, 15) is 0 Å². The Hall–Kier alpha value is -1.46. The zero-order valence-corrected chi connectivity index (χ0v) is 21.5. The number of hydrogen-bond acceptors (Lipinski definition) is 6. The first-order chi connectivity index (χ1) is 14.7. The van der Waals surface area contributed by atoms with Crippen molar-refractivity contribution in [3.05, 3.63) is 17.7 Å². The Morgan fingerprint density at radius 2 is 1.74 bits per heavy atom. The molecule has 0 radical (unpaired) electrons. The fourth-order valence-electron chi connectivity index (χ4n) is 3.28. The number of ether oxygens (including phenoxy) is 5. The van der Waals surface area contributed by atoms with E-state index in [1.807, 2.05) is 19.1 Å². The first-order valence-corrected chi connectivity index (χ1v) is 10.7. The van der Waals surface area contributed by atoms with E-state index in [4.69, 9.17) is 23.7 Å². The molecule has 0 spiro atoms. The molecule has 0 saturated carbocycles. The molecular weight excluding hydrogens is 513 g/mol. The Bertz CT molecular complexity index is 629. The summed E-state index contributed by atoms with van der Waals surface area (Å²) in [6.45, 7) is 7.44. The highest BCUT2D eigenvalue weighted by atomic mass is 127. The second-order valence-corrected chi connectivity index (χ2v) is 7.14. The summed E-state index contributed by atoms with van der Waals surface area (Å²) in [6.07, 6.45) is 3.14. The van der Waals surface area contributed by atoms with Crippen molar-refractivity contribution in [1.29, 1.82) is 0 Å². The van der Waals surface area contributed by atoms with Crippen LogP contribution in [0.2, 0.25) is 0 Å². The number of nitrogens with zero attached hydrogens (tertiary/aromatic N) is 1. The second-order valence-electron chi connectivity index (χ2n) is 7.14. The minimum Gasteiger partial charge on any atom is -0.493 e. The molecule has 0 aliphatic carbocycles. The van der Waals surface area contributed by atoms with Crippen molar-refractivity contribution in [2.45, 2.75) is 32.7 Å². The van der Waals surface area contributed by atoms with Crippen LogP contribution < -0.4 is 24.8 Å². The Kier molecular flexibility index (Phi) is 14.4. The van der Waals surface area contributed by atoms with Gasteiger partial charge in [-0.1, -0.05) is 0 Å². The van der Waals surface area contributed by atoms with Crippen LogP contribution >= 0.6 is 24.0 Å². The Balaban J connectivity index is 0.00000480. The number of benzene rings is 1.